The maximum Gasteiger partial charge on any atom is 0.291 e. The van der Waals surface area contributed by atoms with Crippen LogP contribution in [0, 0.1) is 0 Å². The number of nitrogens with one attached hydrogen (secondary N) is 1. The molecule has 0 spiro atoms. The van der Waals surface area contributed by atoms with Crippen molar-refractivity contribution in [2.24, 2.45) is 0 Å². The summed E-state index contributed by atoms with van der Waals surface area (Å²) in [6, 6.07) is 12.0. The Hall–Kier alpha value is -3.56. The highest BCUT2D eigenvalue weighted by Crippen LogP contribution is 2.29. The summed E-state index contributed by atoms with van der Waals surface area (Å²) in [6.45, 7) is 5.53. The zero-order chi connectivity index (χ0) is 24.1. The van der Waals surface area contributed by atoms with Gasteiger partial charge in [-0.1, -0.05) is 0 Å². The Morgan fingerprint density at radius 2 is 1.74 bits per heavy atom. The Bertz CT molecular complexity index is 1200. The number of nitrogens with zero attached hydrogens (tertiary/aromatic N) is 2. The second-order valence-electron chi connectivity index (χ2n) is 8.00. The third-order valence-corrected chi connectivity index (χ3v) is 5.92. The van der Waals surface area contributed by atoms with Crippen LogP contribution in [0.2, 0.25) is 0 Å². The lowest BCUT2D eigenvalue weighted by molar-refractivity contribution is 0.0997. The SMILES string of the molecule is COCCN1CCN(c2ccc(NC(=O)c3cc(=O)c4c(OC)cc(OC)cc4o3)cc2)CC1. The van der Waals surface area contributed by atoms with Crippen molar-refractivity contribution < 1.29 is 23.4 Å². The van der Waals surface area contributed by atoms with E-state index in [-0.39, 0.29) is 22.2 Å². The fourth-order valence-electron chi connectivity index (χ4n) is 4.02. The average molecular weight is 468 g/mol. The van der Waals surface area contributed by atoms with Crippen LogP contribution in [-0.2, 0) is 4.74 Å². The molecule has 1 aromatic heterocycles. The largest absolute Gasteiger partial charge is 0.496 e. The summed E-state index contributed by atoms with van der Waals surface area (Å²) < 4.78 is 21.4. The quantitative estimate of drug-likeness (QED) is 0.541. The molecule has 34 heavy (non-hydrogen) atoms. The predicted octanol–water partition coefficient (Wildman–Crippen LogP) is 2.83. The third kappa shape index (κ3) is 5.16. The molecule has 1 fully saturated rings. The van der Waals surface area contributed by atoms with E-state index >= 15 is 0 Å². The summed E-state index contributed by atoms with van der Waals surface area (Å²) in [4.78, 5) is 30.2. The predicted molar refractivity (Wildman–Crippen MR) is 131 cm³/mol. The Morgan fingerprint density at radius 3 is 2.38 bits per heavy atom. The number of anilines is 2. The molecule has 1 amide bonds. The van der Waals surface area contributed by atoms with E-state index in [9.17, 15) is 9.59 Å². The van der Waals surface area contributed by atoms with Crippen molar-refractivity contribution in [3.8, 4) is 11.5 Å². The molecule has 9 heteroatoms. The summed E-state index contributed by atoms with van der Waals surface area (Å²) in [6.07, 6.45) is 0. The number of hydrogen-bond acceptors (Lipinski definition) is 8. The minimum atomic E-state index is -0.514. The van der Waals surface area contributed by atoms with Crippen LogP contribution in [0.15, 0.2) is 51.7 Å². The second kappa shape index (κ2) is 10.6. The molecule has 0 radical (unpaired) electrons. The van der Waals surface area contributed by atoms with Gasteiger partial charge in [0.2, 0.25) is 0 Å². The number of piperazine rings is 1. The molecule has 1 N–H and O–H groups in total. The van der Waals surface area contributed by atoms with Crippen LogP contribution < -0.4 is 25.1 Å². The number of carbonyl (C=O) groups is 1. The van der Waals surface area contributed by atoms with E-state index in [0.717, 1.165) is 45.0 Å². The Balaban J connectivity index is 1.45. The molecule has 9 nitrogen and oxygen atoms in total. The van der Waals surface area contributed by atoms with Gasteiger partial charge in [0, 0.05) is 69.4 Å². The minimum Gasteiger partial charge on any atom is -0.496 e. The molecule has 1 aliphatic heterocycles. The van der Waals surface area contributed by atoms with Gasteiger partial charge >= 0.3 is 0 Å². The van der Waals surface area contributed by atoms with E-state index in [0.29, 0.717) is 17.2 Å². The van der Waals surface area contributed by atoms with Gasteiger partial charge in [-0.3, -0.25) is 14.5 Å². The molecule has 0 bridgehead atoms. The minimum absolute atomic E-state index is 0.0935. The average Bonchev–Trinajstić information content (AvgIpc) is 2.87. The van der Waals surface area contributed by atoms with Crippen molar-refractivity contribution in [1.82, 2.24) is 4.90 Å². The first-order chi connectivity index (χ1) is 16.5. The zero-order valence-corrected chi connectivity index (χ0v) is 19.6. The standard InChI is InChI=1S/C25H29N3O6/c1-31-13-12-27-8-10-28(11-9-27)18-6-4-17(5-7-18)26-25(30)23-16-20(29)24-21(33-3)14-19(32-2)15-22(24)34-23/h4-7,14-16H,8-13H2,1-3H3,(H,26,30). The van der Waals surface area contributed by atoms with Crippen LogP contribution in [0.5, 0.6) is 11.5 Å². The Labute approximate surface area is 197 Å². The molecule has 0 aliphatic carbocycles. The number of hydrogen-bond donors (Lipinski definition) is 1. The van der Waals surface area contributed by atoms with Crippen LogP contribution in [0.4, 0.5) is 11.4 Å². The first kappa shape index (κ1) is 23.6. The maximum absolute atomic E-state index is 12.8. The highest BCUT2D eigenvalue weighted by Gasteiger charge is 2.18. The normalized spacial score (nSPS) is 14.3. The van der Waals surface area contributed by atoms with Crippen LogP contribution in [0.1, 0.15) is 10.6 Å². The highest BCUT2D eigenvalue weighted by atomic mass is 16.5. The molecular formula is C25H29N3O6. The van der Waals surface area contributed by atoms with Crippen molar-refractivity contribution in [3.63, 3.8) is 0 Å². The molecule has 0 unspecified atom stereocenters. The van der Waals surface area contributed by atoms with Crippen LogP contribution in [0.25, 0.3) is 11.0 Å². The number of benzene rings is 2. The fourth-order valence-corrected chi connectivity index (χ4v) is 4.02. The Kier molecular flexibility index (Phi) is 7.34. The number of amides is 1. The zero-order valence-electron chi connectivity index (χ0n) is 19.6. The lowest BCUT2D eigenvalue weighted by atomic mass is 10.2. The molecule has 2 heterocycles. The van der Waals surface area contributed by atoms with Gasteiger partial charge < -0.3 is 28.8 Å². The number of rotatable bonds is 8. The van der Waals surface area contributed by atoms with Gasteiger partial charge in [0.1, 0.15) is 22.5 Å². The van der Waals surface area contributed by atoms with Gasteiger partial charge in [0.05, 0.1) is 20.8 Å². The van der Waals surface area contributed by atoms with Crippen molar-refractivity contribution in [1.29, 1.82) is 0 Å². The van der Waals surface area contributed by atoms with E-state index in [2.05, 4.69) is 15.1 Å². The van der Waals surface area contributed by atoms with Crippen molar-refractivity contribution in [2.45, 2.75) is 0 Å². The lowest BCUT2D eigenvalue weighted by Gasteiger charge is -2.36. The van der Waals surface area contributed by atoms with E-state index < -0.39 is 5.91 Å². The van der Waals surface area contributed by atoms with Crippen LogP contribution in [0.3, 0.4) is 0 Å². The van der Waals surface area contributed by atoms with Crippen LogP contribution in [-0.4, -0.2) is 71.5 Å². The highest BCUT2D eigenvalue weighted by molar-refractivity contribution is 6.03. The van der Waals surface area contributed by atoms with Crippen LogP contribution >= 0.6 is 0 Å². The molecule has 180 valence electrons. The topological polar surface area (TPSA) is 93.5 Å². The van der Waals surface area contributed by atoms with E-state index in [1.165, 1.54) is 20.3 Å². The summed E-state index contributed by atoms with van der Waals surface area (Å²) in [5.74, 6) is 0.176. The Morgan fingerprint density at radius 1 is 1.00 bits per heavy atom. The molecule has 3 aromatic rings. The van der Waals surface area contributed by atoms with Gasteiger partial charge in [-0.15, -0.1) is 0 Å². The van der Waals surface area contributed by atoms with E-state index in [1.54, 1.807) is 19.2 Å². The maximum atomic E-state index is 12.8. The second-order valence-corrected chi connectivity index (χ2v) is 8.00. The first-order valence-corrected chi connectivity index (χ1v) is 11.1. The molecule has 1 saturated heterocycles. The summed E-state index contributed by atoms with van der Waals surface area (Å²) in [5.41, 5.74) is 1.55. The van der Waals surface area contributed by atoms with Crippen molar-refractivity contribution in [3.05, 3.63) is 58.4 Å². The number of fused-ring (bicyclic) bond motifs is 1. The summed E-state index contributed by atoms with van der Waals surface area (Å²) in [5, 5.41) is 3.05. The number of ether oxygens (including phenoxy) is 3. The van der Waals surface area contributed by atoms with Gasteiger partial charge in [-0.2, -0.15) is 0 Å². The summed E-state index contributed by atoms with van der Waals surface area (Å²) in [7, 11) is 4.68. The van der Waals surface area contributed by atoms with E-state index in [4.69, 9.17) is 18.6 Å². The molecule has 4 rings (SSSR count). The van der Waals surface area contributed by atoms with E-state index in [1.807, 2.05) is 24.3 Å². The smallest absolute Gasteiger partial charge is 0.291 e. The molecular weight excluding hydrogens is 438 g/mol. The van der Waals surface area contributed by atoms with Gasteiger partial charge in [0.15, 0.2) is 11.2 Å². The molecule has 0 atom stereocenters. The first-order valence-electron chi connectivity index (χ1n) is 11.1. The molecule has 1 aliphatic rings. The molecule has 2 aromatic carbocycles. The van der Waals surface area contributed by atoms with Gasteiger partial charge in [0.25, 0.3) is 5.91 Å². The lowest BCUT2D eigenvalue weighted by Crippen LogP contribution is -2.47. The fraction of sp³-hybridized carbons (Fsp3) is 0.360. The van der Waals surface area contributed by atoms with Crippen molar-refractivity contribution >= 4 is 28.3 Å². The van der Waals surface area contributed by atoms with Crippen molar-refractivity contribution in [2.75, 3.05) is 70.9 Å². The monoisotopic (exact) mass is 467 g/mol. The molecule has 0 saturated carbocycles. The number of carbonyl (C=O) groups excluding carboxylic acids is 1. The van der Waals surface area contributed by atoms with Gasteiger partial charge in [-0.05, 0) is 24.3 Å². The van der Waals surface area contributed by atoms with Gasteiger partial charge in [-0.25, -0.2) is 0 Å². The third-order valence-electron chi connectivity index (χ3n) is 5.92. The number of methoxy groups -OCH3 is 3. The summed E-state index contributed by atoms with van der Waals surface area (Å²) >= 11 is 0.